The van der Waals surface area contributed by atoms with Crippen molar-refractivity contribution < 1.29 is 9.59 Å². The summed E-state index contributed by atoms with van der Waals surface area (Å²) in [5.74, 6) is -0.179. The molecule has 0 bridgehead atoms. The molecule has 1 aliphatic rings. The molecule has 1 saturated heterocycles. The molecule has 1 aromatic rings. The first kappa shape index (κ1) is 17.8. The SMILES string of the molecule is CC1CN(C(=O)c2ccccc2SCC(N)=O)CCN1.Cl. The lowest BCUT2D eigenvalue weighted by Gasteiger charge is -2.32. The molecule has 0 saturated carbocycles. The number of benzene rings is 1. The molecule has 2 amide bonds. The quantitative estimate of drug-likeness (QED) is 0.812. The lowest BCUT2D eigenvalue weighted by Crippen LogP contribution is -2.51. The van der Waals surface area contributed by atoms with E-state index in [9.17, 15) is 9.59 Å². The Bertz CT molecular complexity index is 513. The van der Waals surface area contributed by atoms with Gasteiger partial charge in [0.05, 0.1) is 11.3 Å². The molecule has 1 aromatic carbocycles. The topological polar surface area (TPSA) is 75.4 Å². The van der Waals surface area contributed by atoms with Gasteiger partial charge in [0, 0.05) is 30.6 Å². The molecule has 0 aliphatic carbocycles. The number of carbonyl (C=O) groups is 2. The summed E-state index contributed by atoms with van der Waals surface area (Å²) in [4.78, 5) is 26.1. The minimum absolute atomic E-state index is 0. The van der Waals surface area contributed by atoms with Gasteiger partial charge in [-0.25, -0.2) is 0 Å². The number of halogens is 1. The van der Waals surface area contributed by atoms with Crippen LogP contribution in [0.2, 0.25) is 0 Å². The van der Waals surface area contributed by atoms with Crippen LogP contribution in [0.4, 0.5) is 0 Å². The Morgan fingerprint density at radius 1 is 1.43 bits per heavy atom. The number of nitrogens with zero attached hydrogens (tertiary/aromatic N) is 1. The molecule has 1 aliphatic heterocycles. The number of nitrogens with two attached hydrogens (primary N) is 1. The predicted octanol–water partition coefficient (Wildman–Crippen LogP) is 1.12. The second kappa shape index (κ2) is 8.26. The van der Waals surface area contributed by atoms with E-state index in [1.54, 1.807) is 6.07 Å². The lowest BCUT2D eigenvalue weighted by atomic mass is 10.1. The Labute approximate surface area is 135 Å². The Kier molecular flexibility index (Phi) is 7.01. The molecule has 3 N–H and O–H groups in total. The number of amides is 2. The molecular formula is C14H20ClN3O2S. The fourth-order valence-corrected chi connectivity index (χ4v) is 2.99. The molecular weight excluding hydrogens is 310 g/mol. The maximum atomic E-state index is 12.6. The van der Waals surface area contributed by atoms with Crippen LogP contribution in [0.3, 0.4) is 0 Å². The monoisotopic (exact) mass is 329 g/mol. The molecule has 2 rings (SSSR count). The summed E-state index contributed by atoms with van der Waals surface area (Å²) in [6.07, 6.45) is 0. The first-order chi connectivity index (χ1) is 9.58. The van der Waals surface area contributed by atoms with Crippen LogP contribution in [0.15, 0.2) is 29.2 Å². The van der Waals surface area contributed by atoms with Crippen LogP contribution in [0.1, 0.15) is 17.3 Å². The van der Waals surface area contributed by atoms with E-state index >= 15 is 0 Å². The molecule has 5 nitrogen and oxygen atoms in total. The van der Waals surface area contributed by atoms with Gasteiger partial charge >= 0.3 is 0 Å². The number of primary amides is 1. The van der Waals surface area contributed by atoms with Crippen molar-refractivity contribution in [1.29, 1.82) is 0 Å². The Balaban J connectivity index is 0.00000220. The Morgan fingerprint density at radius 2 is 2.14 bits per heavy atom. The predicted molar refractivity (Wildman–Crippen MR) is 87.0 cm³/mol. The number of rotatable bonds is 4. The van der Waals surface area contributed by atoms with Gasteiger partial charge in [-0.15, -0.1) is 24.2 Å². The zero-order valence-electron chi connectivity index (χ0n) is 11.9. The van der Waals surface area contributed by atoms with Crippen molar-refractivity contribution in [3.8, 4) is 0 Å². The summed E-state index contributed by atoms with van der Waals surface area (Å²) < 4.78 is 0. The van der Waals surface area contributed by atoms with Crippen LogP contribution in [-0.2, 0) is 4.79 Å². The summed E-state index contributed by atoms with van der Waals surface area (Å²) >= 11 is 1.31. The largest absolute Gasteiger partial charge is 0.369 e. The van der Waals surface area contributed by atoms with Crippen LogP contribution in [0.5, 0.6) is 0 Å². The summed E-state index contributed by atoms with van der Waals surface area (Å²) in [5.41, 5.74) is 5.81. The Morgan fingerprint density at radius 3 is 2.81 bits per heavy atom. The molecule has 7 heteroatoms. The van der Waals surface area contributed by atoms with Crippen LogP contribution in [-0.4, -0.2) is 48.1 Å². The van der Waals surface area contributed by atoms with Gasteiger partial charge in [0.2, 0.25) is 5.91 Å². The van der Waals surface area contributed by atoms with Crippen molar-refractivity contribution in [2.45, 2.75) is 17.9 Å². The maximum absolute atomic E-state index is 12.6. The van der Waals surface area contributed by atoms with E-state index in [4.69, 9.17) is 5.73 Å². The molecule has 0 radical (unpaired) electrons. The molecule has 1 unspecified atom stereocenters. The second-order valence-corrected chi connectivity index (χ2v) is 5.87. The second-order valence-electron chi connectivity index (χ2n) is 4.86. The summed E-state index contributed by atoms with van der Waals surface area (Å²) in [5, 5.41) is 3.31. The van der Waals surface area contributed by atoms with E-state index < -0.39 is 0 Å². The van der Waals surface area contributed by atoms with Crippen molar-refractivity contribution >= 4 is 36.0 Å². The molecule has 0 aromatic heterocycles. The summed E-state index contributed by atoms with van der Waals surface area (Å²) in [7, 11) is 0. The highest BCUT2D eigenvalue weighted by Crippen LogP contribution is 2.24. The van der Waals surface area contributed by atoms with Crippen LogP contribution < -0.4 is 11.1 Å². The zero-order valence-corrected chi connectivity index (χ0v) is 13.5. The minimum atomic E-state index is -0.381. The summed E-state index contributed by atoms with van der Waals surface area (Å²) in [6, 6.07) is 7.66. The number of hydrogen-bond acceptors (Lipinski definition) is 4. The Hall–Kier alpha value is -1.24. The zero-order chi connectivity index (χ0) is 14.5. The summed E-state index contributed by atoms with van der Waals surface area (Å²) in [6.45, 7) is 4.28. The van der Waals surface area contributed by atoms with Crippen molar-refractivity contribution in [3.63, 3.8) is 0 Å². The van der Waals surface area contributed by atoms with Gasteiger partial charge in [-0.2, -0.15) is 0 Å². The average molecular weight is 330 g/mol. The fourth-order valence-electron chi connectivity index (χ4n) is 2.21. The molecule has 21 heavy (non-hydrogen) atoms. The van der Waals surface area contributed by atoms with Crippen molar-refractivity contribution in [2.75, 3.05) is 25.4 Å². The highest BCUT2D eigenvalue weighted by molar-refractivity contribution is 8.00. The third-order valence-corrected chi connectivity index (χ3v) is 4.24. The van der Waals surface area contributed by atoms with E-state index in [1.807, 2.05) is 23.1 Å². The average Bonchev–Trinajstić information content (AvgIpc) is 2.44. The van der Waals surface area contributed by atoms with E-state index in [-0.39, 0.29) is 30.0 Å². The van der Waals surface area contributed by atoms with Crippen molar-refractivity contribution in [3.05, 3.63) is 29.8 Å². The standard InChI is InChI=1S/C14H19N3O2S.ClH/c1-10-8-17(7-6-16-10)14(19)11-4-2-3-5-12(11)20-9-13(15)18;/h2-5,10,16H,6-9H2,1H3,(H2,15,18);1H. The number of carbonyl (C=O) groups excluding carboxylic acids is 2. The normalized spacial score (nSPS) is 18.0. The van der Waals surface area contributed by atoms with Crippen LogP contribution in [0, 0.1) is 0 Å². The highest BCUT2D eigenvalue weighted by Gasteiger charge is 2.23. The van der Waals surface area contributed by atoms with Gasteiger partial charge in [-0.05, 0) is 19.1 Å². The van der Waals surface area contributed by atoms with Gasteiger partial charge in [-0.1, -0.05) is 12.1 Å². The number of piperazine rings is 1. The number of hydrogen-bond donors (Lipinski definition) is 2. The maximum Gasteiger partial charge on any atom is 0.255 e. The third-order valence-electron chi connectivity index (χ3n) is 3.14. The number of nitrogens with one attached hydrogen (secondary N) is 1. The van der Waals surface area contributed by atoms with Crippen LogP contribution in [0.25, 0.3) is 0 Å². The van der Waals surface area contributed by atoms with E-state index in [2.05, 4.69) is 12.2 Å². The first-order valence-electron chi connectivity index (χ1n) is 6.60. The molecule has 1 atom stereocenters. The van der Waals surface area contributed by atoms with E-state index in [0.717, 1.165) is 11.4 Å². The molecule has 1 heterocycles. The van der Waals surface area contributed by atoms with Crippen molar-refractivity contribution in [2.24, 2.45) is 5.73 Å². The lowest BCUT2D eigenvalue weighted by molar-refractivity contribution is -0.115. The van der Waals surface area contributed by atoms with Crippen LogP contribution >= 0.6 is 24.2 Å². The minimum Gasteiger partial charge on any atom is -0.369 e. The highest BCUT2D eigenvalue weighted by atomic mass is 35.5. The molecule has 116 valence electrons. The van der Waals surface area contributed by atoms with Gasteiger partial charge in [0.1, 0.15) is 0 Å². The smallest absolute Gasteiger partial charge is 0.255 e. The van der Waals surface area contributed by atoms with E-state index in [1.165, 1.54) is 11.8 Å². The van der Waals surface area contributed by atoms with Gasteiger partial charge in [0.15, 0.2) is 0 Å². The third kappa shape index (κ3) is 4.91. The first-order valence-corrected chi connectivity index (χ1v) is 7.59. The number of thioether (sulfide) groups is 1. The molecule has 0 spiro atoms. The molecule has 1 fully saturated rings. The van der Waals surface area contributed by atoms with Gasteiger partial charge < -0.3 is 16.0 Å². The van der Waals surface area contributed by atoms with Gasteiger partial charge in [0.25, 0.3) is 5.91 Å². The fraction of sp³-hybridized carbons (Fsp3) is 0.429. The van der Waals surface area contributed by atoms with E-state index in [0.29, 0.717) is 24.7 Å². The van der Waals surface area contributed by atoms with Gasteiger partial charge in [-0.3, -0.25) is 9.59 Å². The van der Waals surface area contributed by atoms with Crippen molar-refractivity contribution in [1.82, 2.24) is 10.2 Å².